The normalized spacial score (nSPS) is 19.8. The number of rotatable bonds is 3. The maximum atomic E-state index is 13.9. The van der Waals surface area contributed by atoms with Crippen LogP contribution < -0.4 is 0 Å². The molecule has 0 radical (unpaired) electrons. The van der Waals surface area contributed by atoms with E-state index in [1.807, 2.05) is 0 Å². The van der Waals surface area contributed by atoms with E-state index in [1.54, 1.807) is 6.07 Å². The number of aryl methyl sites for hydroxylation is 1. The van der Waals surface area contributed by atoms with Crippen molar-refractivity contribution in [1.29, 1.82) is 0 Å². The molecule has 0 saturated carbocycles. The van der Waals surface area contributed by atoms with Gasteiger partial charge in [0.2, 0.25) is 0 Å². The van der Waals surface area contributed by atoms with Crippen molar-refractivity contribution < 1.29 is 8.78 Å². The molecule has 2 atom stereocenters. The zero-order valence-electron chi connectivity index (χ0n) is 14.4. The Labute approximate surface area is 147 Å². The number of hydrogen-bond donors (Lipinski definition) is 0. The van der Waals surface area contributed by atoms with E-state index in [9.17, 15) is 8.78 Å². The molecule has 4 rings (SSSR count). The van der Waals surface area contributed by atoms with Crippen molar-refractivity contribution in [3.63, 3.8) is 0 Å². The first-order valence-corrected chi connectivity index (χ1v) is 9.14. The molecule has 0 fully saturated rings. The lowest BCUT2D eigenvalue weighted by molar-refractivity contribution is 0.378. The Morgan fingerprint density at radius 3 is 2.60 bits per heavy atom. The largest absolute Gasteiger partial charge is 0.204 e. The van der Waals surface area contributed by atoms with Gasteiger partial charge < -0.3 is 0 Å². The molecule has 3 aromatic carbocycles. The summed E-state index contributed by atoms with van der Waals surface area (Å²) >= 11 is 0. The van der Waals surface area contributed by atoms with Gasteiger partial charge in [-0.3, -0.25) is 0 Å². The molecule has 0 aliphatic heterocycles. The quantitative estimate of drug-likeness (QED) is 0.504. The van der Waals surface area contributed by atoms with Crippen molar-refractivity contribution >= 4 is 10.8 Å². The Balaban J connectivity index is 1.90. The zero-order valence-corrected chi connectivity index (χ0v) is 14.4. The second-order valence-corrected chi connectivity index (χ2v) is 7.09. The predicted molar refractivity (Wildman–Crippen MR) is 98.9 cm³/mol. The average Bonchev–Trinajstić information content (AvgIpc) is 2.64. The molecule has 0 bridgehead atoms. The minimum Gasteiger partial charge on any atom is -0.204 e. The maximum Gasteiger partial charge on any atom is 0.159 e. The molecule has 3 aromatic rings. The molecule has 0 nitrogen and oxygen atoms in total. The summed E-state index contributed by atoms with van der Waals surface area (Å²) in [5, 5.41) is 2.54. The molecule has 0 spiro atoms. The van der Waals surface area contributed by atoms with Gasteiger partial charge in [0.05, 0.1) is 0 Å². The van der Waals surface area contributed by atoms with Crippen molar-refractivity contribution in [3.8, 4) is 0 Å². The highest BCUT2D eigenvalue weighted by atomic mass is 19.2. The summed E-state index contributed by atoms with van der Waals surface area (Å²) in [7, 11) is 0. The van der Waals surface area contributed by atoms with Crippen LogP contribution in [-0.4, -0.2) is 0 Å². The van der Waals surface area contributed by atoms with E-state index in [1.165, 1.54) is 34.0 Å². The Hall–Kier alpha value is -2.22. The topological polar surface area (TPSA) is 0 Å². The van der Waals surface area contributed by atoms with Crippen LogP contribution in [0, 0.1) is 17.6 Å². The van der Waals surface area contributed by atoms with E-state index in [0.29, 0.717) is 5.92 Å². The van der Waals surface area contributed by atoms with Crippen molar-refractivity contribution in [1.82, 2.24) is 0 Å². The Bertz CT molecular complexity index is 913. The van der Waals surface area contributed by atoms with Gasteiger partial charge in [0.25, 0.3) is 0 Å². The maximum absolute atomic E-state index is 13.9. The van der Waals surface area contributed by atoms with Crippen LogP contribution in [0.5, 0.6) is 0 Å². The molecule has 1 aliphatic carbocycles. The molecule has 25 heavy (non-hydrogen) atoms. The number of halogens is 2. The monoisotopic (exact) mass is 336 g/mol. The van der Waals surface area contributed by atoms with Crippen LogP contribution in [0.1, 0.15) is 48.8 Å². The van der Waals surface area contributed by atoms with Crippen molar-refractivity contribution in [3.05, 3.63) is 82.9 Å². The molecule has 0 aromatic heterocycles. The van der Waals surface area contributed by atoms with Gasteiger partial charge >= 0.3 is 0 Å². The molecule has 0 saturated heterocycles. The Morgan fingerprint density at radius 1 is 0.960 bits per heavy atom. The fraction of sp³-hybridized carbons (Fsp3) is 0.304. The van der Waals surface area contributed by atoms with E-state index in [-0.39, 0.29) is 5.92 Å². The first-order chi connectivity index (χ1) is 12.2. The van der Waals surface area contributed by atoms with E-state index >= 15 is 0 Å². The van der Waals surface area contributed by atoms with E-state index in [2.05, 4.69) is 43.3 Å². The predicted octanol–water partition coefficient (Wildman–Crippen LogP) is 6.61. The highest BCUT2D eigenvalue weighted by Crippen LogP contribution is 2.45. The highest BCUT2D eigenvalue weighted by Gasteiger charge is 2.31. The number of hydrogen-bond acceptors (Lipinski definition) is 0. The van der Waals surface area contributed by atoms with Gasteiger partial charge in [-0.05, 0) is 64.8 Å². The third-order valence-electron chi connectivity index (χ3n) is 5.61. The van der Waals surface area contributed by atoms with Crippen LogP contribution >= 0.6 is 0 Å². The van der Waals surface area contributed by atoms with E-state index < -0.39 is 11.6 Å². The van der Waals surface area contributed by atoms with Crippen LogP contribution in [-0.2, 0) is 6.42 Å². The molecule has 2 heteroatoms. The van der Waals surface area contributed by atoms with Crippen LogP contribution in [0.2, 0.25) is 0 Å². The third kappa shape index (κ3) is 2.84. The summed E-state index contributed by atoms with van der Waals surface area (Å²) < 4.78 is 27.3. The molecule has 0 unspecified atom stereocenters. The Morgan fingerprint density at radius 2 is 1.80 bits per heavy atom. The fourth-order valence-electron chi connectivity index (χ4n) is 4.51. The number of fused-ring (bicyclic) bond motifs is 3. The zero-order chi connectivity index (χ0) is 17.4. The lowest BCUT2D eigenvalue weighted by Crippen LogP contribution is -2.22. The molecular weight excluding hydrogens is 314 g/mol. The smallest absolute Gasteiger partial charge is 0.159 e. The summed E-state index contributed by atoms with van der Waals surface area (Å²) in [5.74, 6) is -0.905. The second-order valence-electron chi connectivity index (χ2n) is 7.09. The molecule has 0 heterocycles. The van der Waals surface area contributed by atoms with Gasteiger partial charge in [-0.1, -0.05) is 55.8 Å². The van der Waals surface area contributed by atoms with Crippen LogP contribution in [0.4, 0.5) is 8.78 Å². The van der Waals surface area contributed by atoms with Crippen LogP contribution in [0.3, 0.4) is 0 Å². The summed E-state index contributed by atoms with van der Waals surface area (Å²) in [6.07, 6.45) is 4.36. The van der Waals surface area contributed by atoms with Gasteiger partial charge in [-0.2, -0.15) is 0 Å². The van der Waals surface area contributed by atoms with Crippen molar-refractivity contribution in [2.75, 3.05) is 0 Å². The third-order valence-corrected chi connectivity index (χ3v) is 5.61. The Kier molecular flexibility index (Phi) is 4.29. The van der Waals surface area contributed by atoms with Gasteiger partial charge in [0.15, 0.2) is 11.6 Å². The minimum atomic E-state index is -0.773. The lowest BCUT2D eigenvalue weighted by atomic mass is 9.69. The average molecular weight is 336 g/mol. The van der Waals surface area contributed by atoms with Crippen LogP contribution in [0.25, 0.3) is 10.8 Å². The second kappa shape index (κ2) is 6.59. The standard InChI is InChI=1S/C23H22F2/c1-2-5-16-9-11-19-18-7-4-3-6-15(18)8-12-20(19)23(16)17-10-13-21(24)22(25)14-17/h3-4,6-8,10,12-14,16,23H,2,5,9,11H2,1H3/t16-,23-/m1/s1. The van der Waals surface area contributed by atoms with Crippen LogP contribution in [0.15, 0.2) is 54.6 Å². The molecular formula is C23H22F2. The van der Waals surface area contributed by atoms with E-state index in [0.717, 1.165) is 31.2 Å². The van der Waals surface area contributed by atoms with Gasteiger partial charge in [-0.25, -0.2) is 8.78 Å². The van der Waals surface area contributed by atoms with Gasteiger partial charge in [-0.15, -0.1) is 0 Å². The summed E-state index contributed by atoms with van der Waals surface area (Å²) in [4.78, 5) is 0. The fourth-order valence-corrected chi connectivity index (χ4v) is 4.51. The number of benzene rings is 3. The first kappa shape index (κ1) is 16.3. The molecule has 128 valence electrons. The van der Waals surface area contributed by atoms with E-state index in [4.69, 9.17) is 0 Å². The summed E-state index contributed by atoms with van der Waals surface area (Å²) in [5.41, 5.74) is 3.56. The summed E-state index contributed by atoms with van der Waals surface area (Å²) in [6, 6.07) is 17.2. The minimum absolute atomic E-state index is 0.142. The first-order valence-electron chi connectivity index (χ1n) is 9.14. The van der Waals surface area contributed by atoms with Gasteiger partial charge in [0.1, 0.15) is 0 Å². The van der Waals surface area contributed by atoms with Crippen molar-refractivity contribution in [2.45, 2.75) is 38.5 Å². The highest BCUT2D eigenvalue weighted by molar-refractivity contribution is 5.87. The van der Waals surface area contributed by atoms with Crippen molar-refractivity contribution in [2.24, 2.45) is 5.92 Å². The molecule has 1 aliphatic rings. The molecule has 0 amide bonds. The molecule has 0 N–H and O–H groups in total. The summed E-state index contributed by atoms with van der Waals surface area (Å²) in [6.45, 7) is 2.19. The lowest BCUT2D eigenvalue weighted by Gasteiger charge is -2.35. The van der Waals surface area contributed by atoms with Gasteiger partial charge in [0, 0.05) is 5.92 Å². The SMILES string of the molecule is CCC[C@@H]1CCc2c(ccc3ccccc23)[C@H]1c1ccc(F)c(F)c1.